The van der Waals surface area contributed by atoms with Gasteiger partial charge in [0.15, 0.2) is 11.6 Å². The summed E-state index contributed by atoms with van der Waals surface area (Å²) in [5, 5.41) is 10.2. The number of Topliss-reactive ketones (excluding diaryl/α,β-unsaturated/α-hetero) is 1. The fourth-order valence-corrected chi connectivity index (χ4v) is 6.30. The number of nitrogens with zero attached hydrogens (tertiary/aromatic N) is 1. The first kappa shape index (κ1) is 21.5. The Bertz CT molecular complexity index is 1410. The minimum atomic E-state index is -0.606. The van der Waals surface area contributed by atoms with Crippen LogP contribution in [-0.2, 0) is 19.2 Å². The van der Waals surface area contributed by atoms with Crippen molar-refractivity contribution in [1.29, 1.82) is 0 Å². The zero-order valence-corrected chi connectivity index (χ0v) is 19.1. The van der Waals surface area contributed by atoms with Crippen LogP contribution < -0.4 is 4.90 Å². The predicted molar refractivity (Wildman–Crippen MR) is 128 cm³/mol. The second kappa shape index (κ2) is 7.73. The molecule has 0 radical (unpaired) electrons. The lowest BCUT2D eigenvalue weighted by molar-refractivity contribution is -0.123. The van der Waals surface area contributed by atoms with Gasteiger partial charge < -0.3 is 5.11 Å². The van der Waals surface area contributed by atoms with Crippen molar-refractivity contribution in [2.45, 2.75) is 25.7 Å². The first-order chi connectivity index (χ1) is 16.9. The lowest BCUT2D eigenvalue weighted by Crippen LogP contribution is -2.39. The van der Waals surface area contributed by atoms with Gasteiger partial charge in [-0.25, -0.2) is 0 Å². The van der Waals surface area contributed by atoms with Crippen molar-refractivity contribution >= 4 is 29.1 Å². The highest BCUT2D eigenvalue weighted by molar-refractivity contribution is 6.25. The molecule has 4 aliphatic rings. The first-order valence-corrected chi connectivity index (χ1v) is 11.8. The van der Waals surface area contributed by atoms with Crippen LogP contribution in [0.3, 0.4) is 0 Å². The average molecular weight is 466 g/mol. The van der Waals surface area contributed by atoms with Gasteiger partial charge >= 0.3 is 0 Å². The molecule has 0 saturated carbocycles. The SMILES string of the molecule is CC1=CC(=O)C2=C(C[C@@H]3C(=CC[C@@H]4C(=O)N(c5ccccc5)C(=O)[C@@H]43)[C@@H]2c2cccc(O)c2)C1=O. The number of carbonyl (C=O) groups excluding carboxylic acids is 4. The number of rotatable bonds is 2. The van der Waals surface area contributed by atoms with Crippen LogP contribution in [0.1, 0.15) is 31.2 Å². The standard InChI is InChI=1S/C29H23NO5/c1-15-12-23(32)26-22(27(15)33)14-21-19(24(26)16-6-5-9-18(31)13-16)10-11-20-25(21)29(35)30(28(20)34)17-7-3-2-4-8-17/h2-10,12-13,20-21,24-25,31H,11,14H2,1H3/t20-,21+,24-,25-/m0/s1. The number of carbonyl (C=O) groups is 4. The van der Waals surface area contributed by atoms with Gasteiger partial charge in [0.25, 0.3) is 0 Å². The number of aromatic hydroxyl groups is 1. The van der Waals surface area contributed by atoms with Gasteiger partial charge in [0.1, 0.15) is 5.75 Å². The molecule has 1 N–H and O–H groups in total. The Morgan fingerprint density at radius 1 is 0.914 bits per heavy atom. The van der Waals surface area contributed by atoms with Crippen molar-refractivity contribution in [3.8, 4) is 5.75 Å². The summed E-state index contributed by atoms with van der Waals surface area (Å²) in [5.74, 6) is -2.88. The van der Waals surface area contributed by atoms with Crippen LogP contribution in [0.2, 0.25) is 0 Å². The molecule has 1 saturated heterocycles. The monoisotopic (exact) mass is 465 g/mol. The molecule has 0 bridgehead atoms. The lowest BCUT2D eigenvalue weighted by atomic mass is 9.59. The number of hydrogen-bond acceptors (Lipinski definition) is 5. The molecule has 6 rings (SSSR count). The number of ketones is 2. The summed E-state index contributed by atoms with van der Waals surface area (Å²) >= 11 is 0. The number of amides is 2. The number of benzene rings is 2. The maximum Gasteiger partial charge on any atom is 0.238 e. The van der Waals surface area contributed by atoms with Crippen LogP contribution in [0.25, 0.3) is 0 Å². The summed E-state index contributed by atoms with van der Waals surface area (Å²) in [6.45, 7) is 1.63. The Labute approximate surface area is 202 Å². The quantitative estimate of drug-likeness (QED) is 0.411. The maximum atomic E-state index is 13.7. The van der Waals surface area contributed by atoms with Gasteiger partial charge in [-0.15, -0.1) is 0 Å². The van der Waals surface area contributed by atoms with E-state index >= 15 is 0 Å². The van der Waals surface area contributed by atoms with E-state index in [4.69, 9.17) is 0 Å². The first-order valence-electron chi connectivity index (χ1n) is 11.8. The van der Waals surface area contributed by atoms with Crippen LogP contribution in [0.5, 0.6) is 5.75 Å². The van der Waals surface area contributed by atoms with E-state index in [0.29, 0.717) is 34.4 Å². The molecular formula is C29H23NO5. The number of hydrogen-bond donors (Lipinski definition) is 1. The van der Waals surface area contributed by atoms with Gasteiger partial charge in [0.2, 0.25) is 11.8 Å². The number of fused-ring (bicyclic) bond motifs is 3. The molecule has 2 amide bonds. The van der Waals surface area contributed by atoms with Crippen LogP contribution in [0, 0.1) is 17.8 Å². The van der Waals surface area contributed by atoms with Crippen LogP contribution in [0.15, 0.2) is 89.0 Å². The smallest absolute Gasteiger partial charge is 0.238 e. The lowest BCUT2D eigenvalue weighted by Gasteiger charge is -2.42. The van der Waals surface area contributed by atoms with E-state index in [0.717, 1.165) is 5.57 Å². The topological polar surface area (TPSA) is 91.8 Å². The second-order valence-electron chi connectivity index (χ2n) is 9.67. The van der Waals surface area contributed by atoms with E-state index < -0.39 is 17.8 Å². The van der Waals surface area contributed by atoms with Crippen molar-refractivity contribution in [2.24, 2.45) is 17.8 Å². The maximum absolute atomic E-state index is 13.7. The molecule has 0 spiro atoms. The Morgan fingerprint density at radius 3 is 2.43 bits per heavy atom. The molecule has 4 atom stereocenters. The van der Waals surface area contributed by atoms with Crippen molar-refractivity contribution in [2.75, 3.05) is 4.90 Å². The molecule has 174 valence electrons. The van der Waals surface area contributed by atoms with Crippen molar-refractivity contribution in [3.63, 3.8) is 0 Å². The van der Waals surface area contributed by atoms with E-state index in [1.54, 1.807) is 49.4 Å². The minimum Gasteiger partial charge on any atom is -0.508 e. The number of phenols is 1. The van der Waals surface area contributed by atoms with Gasteiger partial charge in [0, 0.05) is 22.6 Å². The van der Waals surface area contributed by atoms with E-state index in [1.165, 1.54) is 11.0 Å². The average Bonchev–Trinajstić information content (AvgIpc) is 3.11. The largest absolute Gasteiger partial charge is 0.508 e. The molecule has 2 aromatic rings. The Morgan fingerprint density at radius 2 is 1.69 bits per heavy atom. The molecule has 1 fully saturated rings. The molecule has 0 aromatic heterocycles. The van der Waals surface area contributed by atoms with Crippen LogP contribution in [0.4, 0.5) is 5.69 Å². The molecular weight excluding hydrogens is 442 g/mol. The van der Waals surface area contributed by atoms with Gasteiger partial charge in [0.05, 0.1) is 17.5 Å². The minimum absolute atomic E-state index is 0.0599. The predicted octanol–water partition coefficient (Wildman–Crippen LogP) is 4.03. The molecule has 1 aliphatic heterocycles. The molecule has 0 unspecified atom stereocenters. The third kappa shape index (κ3) is 3.09. The van der Waals surface area contributed by atoms with Gasteiger partial charge in [-0.1, -0.05) is 42.0 Å². The zero-order chi connectivity index (χ0) is 24.4. The highest BCUT2D eigenvalue weighted by atomic mass is 16.3. The molecule has 2 aromatic carbocycles. The van der Waals surface area contributed by atoms with E-state index in [2.05, 4.69) is 0 Å². The molecule has 6 nitrogen and oxygen atoms in total. The molecule has 35 heavy (non-hydrogen) atoms. The summed E-state index contributed by atoms with van der Waals surface area (Å²) < 4.78 is 0. The van der Waals surface area contributed by atoms with E-state index in [1.807, 2.05) is 18.2 Å². The number of allylic oxidation sites excluding steroid dienone is 6. The van der Waals surface area contributed by atoms with Gasteiger partial charge in [-0.05, 0) is 61.6 Å². The molecule has 6 heteroatoms. The van der Waals surface area contributed by atoms with Crippen molar-refractivity contribution in [1.82, 2.24) is 0 Å². The van der Waals surface area contributed by atoms with Crippen molar-refractivity contribution < 1.29 is 24.3 Å². The fraction of sp³-hybridized carbons (Fsp3) is 0.241. The summed E-state index contributed by atoms with van der Waals surface area (Å²) in [5.41, 5.74) is 3.33. The van der Waals surface area contributed by atoms with Crippen molar-refractivity contribution in [3.05, 3.63) is 94.6 Å². The van der Waals surface area contributed by atoms with Gasteiger partial charge in [-0.2, -0.15) is 0 Å². The second-order valence-corrected chi connectivity index (χ2v) is 9.67. The molecule has 1 heterocycles. The highest BCUT2D eigenvalue weighted by Crippen LogP contribution is 2.55. The van der Waals surface area contributed by atoms with Crippen LogP contribution in [-0.4, -0.2) is 28.5 Å². The third-order valence-corrected chi connectivity index (χ3v) is 7.78. The third-order valence-electron chi connectivity index (χ3n) is 7.78. The summed E-state index contributed by atoms with van der Waals surface area (Å²) in [4.78, 5) is 54.8. The number of anilines is 1. The van der Waals surface area contributed by atoms with Crippen LogP contribution >= 0.6 is 0 Å². The van der Waals surface area contributed by atoms with E-state index in [9.17, 15) is 24.3 Å². The number of phenolic OH excluding ortho intramolecular Hbond substituents is 1. The summed E-state index contributed by atoms with van der Waals surface area (Å²) in [6.07, 6.45) is 3.99. The Balaban J connectivity index is 1.50. The fourth-order valence-electron chi connectivity index (χ4n) is 6.30. The zero-order valence-electron chi connectivity index (χ0n) is 19.1. The number of para-hydroxylation sites is 1. The van der Waals surface area contributed by atoms with Gasteiger partial charge in [-0.3, -0.25) is 24.1 Å². The number of imide groups is 1. The summed E-state index contributed by atoms with van der Waals surface area (Å²) in [7, 11) is 0. The normalized spacial score (nSPS) is 27.9. The molecule has 3 aliphatic carbocycles. The highest BCUT2D eigenvalue weighted by Gasteiger charge is 2.56. The Hall–Kier alpha value is -4.06. The Kier molecular flexibility index (Phi) is 4.74. The summed E-state index contributed by atoms with van der Waals surface area (Å²) in [6, 6.07) is 15.6. The van der Waals surface area contributed by atoms with E-state index in [-0.39, 0.29) is 41.5 Å².